The monoisotopic (exact) mass is 435 g/mol. The lowest BCUT2D eigenvalue weighted by atomic mass is 10.2. The minimum absolute atomic E-state index is 0.0449. The molecule has 0 spiro atoms. The summed E-state index contributed by atoms with van der Waals surface area (Å²) < 4.78 is 2.30. The van der Waals surface area contributed by atoms with Gasteiger partial charge in [0, 0.05) is 12.7 Å². The predicted octanol–water partition coefficient (Wildman–Crippen LogP) is 4.57. The van der Waals surface area contributed by atoms with Gasteiger partial charge in [0.1, 0.15) is 4.70 Å². The first-order chi connectivity index (χ1) is 14.5. The Morgan fingerprint density at radius 2 is 1.93 bits per heavy atom. The van der Waals surface area contributed by atoms with E-state index in [0.717, 1.165) is 16.8 Å². The topological polar surface area (TPSA) is 55.2 Å². The van der Waals surface area contributed by atoms with Gasteiger partial charge in [0.2, 0.25) is 5.91 Å². The maximum Gasteiger partial charge on any atom is 0.272 e. The Kier molecular flexibility index (Phi) is 6.01. The molecule has 2 heterocycles. The van der Waals surface area contributed by atoms with E-state index in [9.17, 15) is 9.59 Å². The number of carbonyl (C=O) groups is 1. The van der Waals surface area contributed by atoms with Crippen LogP contribution in [0.5, 0.6) is 0 Å². The summed E-state index contributed by atoms with van der Waals surface area (Å²) >= 11 is 2.69. The third-order valence-electron chi connectivity index (χ3n) is 4.80. The summed E-state index contributed by atoms with van der Waals surface area (Å²) in [5.74, 6) is 0.151. The van der Waals surface area contributed by atoms with Gasteiger partial charge >= 0.3 is 0 Å². The van der Waals surface area contributed by atoms with Crippen LogP contribution >= 0.6 is 23.1 Å². The molecule has 0 saturated carbocycles. The van der Waals surface area contributed by atoms with Crippen LogP contribution in [-0.4, -0.2) is 28.3 Å². The first kappa shape index (κ1) is 20.4. The molecule has 7 heteroatoms. The molecule has 4 aromatic rings. The molecule has 0 N–H and O–H groups in total. The van der Waals surface area contributed by atoms with Crippen LogP contribution in [0.25, 0.3) is 10.2 Å². The molecular formula is C23H21N3O2S2. The van der Waals surface area contributed by atoms with Crippen molar-refractivity contribution in [2.45, 2.75) is 18.6 Å². The molecule has 152 valence electrons. The Morgan fingerprint density at radius 3 is 2.70 bits per heavy atom. The van der Waals surface area contributed by atoms with Gasteiger partial charge in [-0.05, 0) is 41.6 Å². The summed E-state index contributed by atoms with van der Waals surface area (Å²) in [6.45, 7) is 2.42. The van der Waals surface area contributed by atoms with E-state index in [1.165, 1.54) is 23.1 Å². The van der Waals surface area contributed by atoms with Crippen molar-refractivity contribution in [3.05, 3.63) is 87.5 Å². The van der Waals surface area contributed by atoms with Crippen LogP contribution in [0.1, 0.15) is 11.1 Å². The van der Waals surface area contributed by atoms with Gasteiger partial charge in [-0.15, -0.1) is 11.3 Å². The van der Waals surface area contributed by atoms with Crippen molar-refractivity contribution in [2.24, 2.45) is 0 Å². The molecule has 1 amide bonds. The molecule has 0 bridgehead atoms. The van der Waals surface area contributed by atoms with Gasteiger partial charge in [0.05, 0.1) is 17.8 Å². The molecule has 0 radical (unpaired) electrons. The number of benzene rings is 2. The second-order valence-electron chi connectivity index (χ2n) is 6.99. The normalized spacial score (nSPS) is 11.0. The average Bonchev–Trinajstić information content (AvgIpc) is 3.23. The van der Waals surface area contributed by atoms with Crippen molar-refractivity contribution in [2.75, 3.05) is 17.7 Å². The summed E-state index contributed by atoms with van der Waals surface area (Å²) in [5, 5.41) is 2.43. The number of hydrogen-bond acceptors (Lipinski definition) is 5. The lowest BCUT2D eigenvalue weighted by Crippen LogP contribution is -2.29. The summed E-state index contributed by atoms with van der Waals surface area (Å²) in [7, 11) is 1.77. The molecule has 5 nitrogen and oxygen atoms in total. The first-order valence-electron chi connectivity index (χ1n) is 9.51. The molecule has 0 saturated heterocycles. The third kappa shape index (κ3) is 4.32. The molecule has 2 aromatic heterocycles. The van der Waals surface area contributed by atoms with Crippen molar-refractivity contribution in [1.29, 1.82) is 0 Å². The van der Waals surface area contributed by atoms with Gasteiger partial charge in [0.25, 0.3) is 5.56 Å². The van der Waals surface area contributed by atoms with E-state index in [1.54, 1.807) is 16.5 Å². The van der Waals surface area contributed by atoms with Gasteiger partial charge in [-0.25, -0.2) is 4.98 Å². The summed E-state index contributed by atoms with van der Waals surface area (Å²) in [5.41, 5.74) is 3.57. The Morgan fingerprint density at radius 1 is 1.13 bits per heavy atom. The minimum atomic E-state index is -0.0687. The number of hydrogen-bond donors (Lipinski definition) is 0. The number of aromatic nitrogens is 2. The van der Waals surface area contributed by atoms with Gasteiger partial charge < -0.3 is 4.90 Å². The number of rotatable bonds is 6. The van der Waals surface area contributed by atoms with Gasteiger partial charge in [0.15, 0.2) is 5.16 Å². The highest BCUT2D eigenvalue weighted by atomic mass is 32.2. The highest BCUT2D eigenvalue weighted by Gasteiger charge is 2.17. The second-order valence-corrected chi connectivity index (χ2v) is 8.85. The summed E-state index contributed by atoms with van der Waals surface area (Å²) in [4.78, 5) is 32.2. The zero-order valence-corrected chi connectivity index (χ0v) is 18.4. The van der Waals surface area contributed by atoms with Crippen LogP contribution in [0.4, 0.5) is 5.69 Å². The van der Waals surface area contributed by atoms with E-state index in [-0.39, 0.29) is 17.2 Å². The number of aryl methyl sites for hydroxylation is 1. The number of thiophene rings is 1. The molecule has 4 rings (SSSR count). The fourth-order valence-electron chi connectivity index (χ4n) is 3.14. The van der Waals surface area contributed by atoms with Crippen LogP contribution in [0, 0.1) is 6.92 Å². The Bertz CT molecular complexity index is 1250. The summed E-state index contributed by atoms with van der Waals surface area (Å²) in [6, 6.07) is 19.5. The van der Waals surface area contributed by atoms with E-state index in [0.29, 0.717) is 21.9 Å². The highest BCUT2D eigenvalue weighted by Crippen LogP contribution is 2.23. The van der Waals surface area contributed by atoms with Crippen molar-refractivity contribution < 1.29 is 4.79 Å². The molecule has 0 atom stereocenters. The van der Waals surface area contributed by atoms with Crippen LogP contribution in [0.3, 0.4) is 0 Å². The lowest BCUT2D eigenvalue weighted by Gasteiger charge is -2.18. The molecule has 30 heavy (non-hydrogen) atoms. The van der Waals surface area contributed by atoms with E-state index in [1.807, 2.05) is 73.0 Å². The fourth-order valence-corrected chi connectivity index (χ4v) is 4.83. The molecular weight excluding hydrogens is 414 g/mol. The molecule has 0 unspecified atom stereocenters. The van der Waals surface area contributed by atoms with E-state index in [2.05, 4.69) is 4.98 Å². The van der Waals surface area contributed by atoms with Crippen LogP contribution in [-0.2, 0) is 11.3 Å². The Labute approximate surface area is 183 Å². The van der Waals surface area contributed by atoms with Crippen molar-refractivity contribution in [3.8, 4) is 0 Å². The third-order valence-corrected chi connectivity index (χ3v) is 6.65. The van der Waals surface area contributed by atoms with Crippen molar-refractivity contribution in [1.82, 2.24) is 9.55 Å². The molecule has 0 fully saturated rings. The number of fused-ring (bicyclic) bond motifs is 1. The maximum atomic E-state index is 13.1. The number of amides is 1. The van der Waals surface area contributed by atoms with E-state index in [4.69, 9.17) is 0 Å². The highest BCUT2D eigenvalue weighted by molar-refractivity contribution is 7.99. The van der Waals surface area contributed by atoms with Gasteiger partial charge in [-0.3, -0.25) is 14.2 Å². The van der Waals surface area contributed by atoms with E-state index < -0.39 is 0 Å². The maximum absolute atomic E-state index is 13.1. The largest absolute Gasteiger partial charge is 0.315 e. The van der Waals surface area contributed by atoms with Crippen molar-refractivity contribution in [3.63, 3.8) is 0 Å². The van der Waals surface area contributed by atoms with E-state index >= 15 is 0 Å². The molecule has 0 aliphatic rings. The fraction of sp³-hybridized carbons (Fsp3) is 0.174. The van der Waals surface area contributed by atoms with Crippen LogP contribution in [0.15, 0.2) is 76.0 Å². The molecule has 0 aliphatic heterocycles. The minimum Gasteiger partial charge on any atom is -0.315 e. The van der Waals surface area contributed by atoms with Crippen molar-refractivity contribution >= 4 is 44.9 Å². The smallest absolute Gasteiger partial charge is 0.272 e. The zero-order valence-electron chi connectivity index (χ0n) is 16.7. The van der Waals surface area contributed by atoms with Gasteiger partial charge in [-0.1, -0.05) is 54.2 Å². The number of carbonyl (C=O) groups excluding carboxylic acids is 1. The zero-order chi connectivity index (χ0) is 21.1. The quantitative estimate of drug-likeness (QED) is 0.329. The molecule has 0 aliphatic carbocycles. The number of thioether (sulfide) groups is 1. The summed E-state index contributed by atoms with van der Waals surface area (Å²) in [6.07, 6.45) is 0. The van der Waals surface area contributed by atoms with Crippen LogP contribution in [0.2, 0.25) is 0 Å². The predicted molar refractivity (Wildman–Crippen MR) is 125 cm³/mol. The SMILES string of the molecule is Cc1cccc(N(C)C(=O)CSc2nc3ccsc3c(=O)n2Cc2ccccc2)c1. The number of anilines is 1. The number of nitrogens with zero attached hydrogens (tertiary/aromatic N) is 3. The first-order valence-corrected chi connectivity index (χ1v) is 11.4. The standard InChI is InChI=1S/C23H21N3O2S2/c1-16-7-6-10-18(13-16)25(2)20(27)15-30-23-24-19-11-12-29-21(19)22(28)26(23)14-17-8-4-3-5-9-17/h3-13H,14-15H2,1-2H3. The van der Waals surface area contributed by atoms with Gasteiger partial charge in [-0.2, -0.15) is 0 Å². The Balaban J connectivity index is 1.60. The molecule has 2 aromatic carbocycles. The lowest BCUT2D eigenvalue weighted by molar-refractivity contribution is -0.115. The van der Waals surface area contributed by atoms with Crippen LogP contribution < -0.4 is 10.5 Å². The average molecular weight is 436 g/mol. The Hall–Kier alpha value is -2.90. The second kappa shape index (κ2) is 8.85.